The van der Waals surface area contributed by atoms with Crippen molar-refractivity contribution < 1.29 is 17.9 Å². The number of hydrogen-bond donors (Lipinski definition) is 1. The van der Waals surface area contributed by atoms with Gasteiger partial charge in [0.05, 0.1) is 28.4 Å². The number of carbonyl (C=O) groups excluding carboxylic acids is 1. The minimum atomic E-state index is -4.07. The van der Waals surface area contributed by atoms with Crippen molar-refractivity contribution in [2.45, 2.75) is 18.7 Å². The van der Waals surface area contributed by atoms with Crippen molar-refractivity contribution in [2.24, 2.45) is 5.10 Å². The Kier molecular flexibility index (Phi) is 8.56. The van der Waals surface area contributed by atoms with Gasteiger partial charge in [0.2, 0.25) is 0 Å². The minimum absolute atomic E-state index is 0.0522. The summed E-state index contributed by atoms with van der Waals surface area (Å²) in [7, 11) is -2.61. The standard InChI is InChI=1S/C24H23ClIN3O4S/c1-16-4-11-21(12-5-16)34(31,32)29(20-10-13-23(33-3)22(25)14-20)15-24(30)28-27-17(2)18-6-8-19(26)9-7-18/h4-14H,15H2,1-3H3,(H,28,30)/b27-17-. The number of carbonyl (C=O) groups is 1. The molecule has 0 spiro atoms. The van der Waals surface area contributed by atoms with Gasteiger partial charge in [-0.2, -0.15) is 5.10 Å². The first kappa shape index (κ1) is 26.0. The van der Waals surface area contributed by atoms with Gasteiger partial charge in [-0.25, -0.2) is 13.8 Å². The second kappa shape index (κ2) is 11.2. The fourth-order valence-electron chi connectivity index (χ4n) is 3.03. The van der Waals surface area contributed by atoms with E-state index in [1.807, 2.05) is 31.2 Å². The summed E-state index contributed by atoms with van der Waals surface area (Å²) < 4.78 is 34.2. The summed E-state index contributed by atoms with van der Waals surface area (Å²) >= 11 is 8.44. The van der Waals surface area contributed by atoms with E-state index in [9.17, 15) is 13.2 Å². The van der Waals surface area contributed by atoms with Crippen LogP contribution in [0.1, 0.15) is 18.1 Å². The zero-order valence-corrected chi connectivity index (χ0v) is 22.5. The molecule has 0 aromatic heterocycles. The summed E-state index contributed by atoms with van der Waals surface area (Å²) in [5.74, 6) is -0.215. The Morgan fingerprint density at radius 1 is 1.09 bits per heavy atom. The molecule has 10 heteroatoms. The summed E-state index contributed by atoms with van der Waals surface area (Å²) in [6.45, 7) is 3.12. The molecule has 0 bridgehead atoms. The Bertz CT molecular complexity index is 1310. The van der Waals surface area contributed by atoms with Crippen molar-refractivity contribution in [1.82, 2.24) is 5.43 Å². The molecule has 0 fully saturated rings. The summed E-state index contributed by atoms with van der Waals surface area (Å²) in [6, 6.07) is 18.6. The third-order valence-electron chi connectivity index (χ3n) is 4.93. The van der Waals surface area contributed by atoms with Gasteiger partial charge in [-0.15, -0.1) is 0 Å². The lowest BCUT2D eigenvalue weighted by atomic mass is 10.1. The van der Waals surface area contributed by atoms with E-state index in [1.54, 1.807) is 25.1 Å². The number of anilines is 1. The first-order chi connectivity index (χ1) is 16.1. The number of benzene rings is 3. The van der Waals surface area contributed by atoms with E-state index < -0.39 is 22.5 Å². The largest absolute Gasteiger partial charge is 0.495 e. The first-order valence-electron chi connectivity index (χ1n) is 10.1. The highest BCUT2D eigenvalue weighted by Gasteiger charge is 2.28. The van der Waals surface area contributed by atoms with Gasteiger partial charge in [0.25, 0.3) is 15.9 Å². The van der Waals surface area contributed by atoms with Gasteiger partial charge in [-0.1, -0.05) is 41.4 Å². The van der Waals surface area contributed by atoms with Crippen LogP contribution in [0.5, 0.6) is 5.75 Å². The molecule has 3 aromatic carbocycles. The molecular weight excluding hydrogens is 589 g/mol. The van der Waals surface area contributed by atoms with Crippen LogP contribution in [0.4, 0.5) is 5.69 Å². The van der Waals surface area contributed by atoms with Crippen LogP contribution in [0.2, 0.25) is 5.02 Å². The van der Waals surface area contributed by atoms with Crippen molar-refractivity contribution >= 4 is 61.5 Å². The average Bonchev–Trinajstić information content (AvgIpc) is 2.81. The molecule has 0 radical (unpaired) electrons. The highest BCUT2D eigenvalue weighted by molar-refractivity contribution is 14.1. The zero-order chi connectivity index (χ0) is 24.9. The molecule has 0 saturated carbocycles. The highest BCUT2D eigenvalue weighted by atomic mass is 127. The summed E-state index contributed by atoms with van der Waals surface area (Å²) in [4.78, 5) is 12.8. The van der Waals surface area contributed by atoms with E-state index in [4.69, 9.17) is 16.3 Å². The number of aryl methyl sites for hydroxylation is 1. The number of hydrogen-bond acceptors (Lipinski definition) is 5. The fraction of sp³-hybridized carbons (Fsp3) is 0.167. The number of sulfonamides is 1. The Morgan fingerprint density at radius 3 is 2.32 bits per heavy atom. The molecule has 0 aliphatic carbocycles. The molecule has 0 heterocycles. The Morgan fingerprint density at radius 2 is 1.74 bits per heavy atom. The molecule has 34 heavy (non-hydrogen) atoms. The summed E-state index contributed by atoms with van der Waals surface area (Å²) in [6.07, 6.45) is 0. The fourth-order valence-corrected chi connectivity index (χ4v) is 5.05. The monoisotopic (exact) mass is 611 g/mol. The maximum absolute atomic E-state index is 13.5. The second-order valence-corrected chi connectivity index (χ2v) is 10.9. The lowest BCUT2D eigenvalue weighted by Crippen LogP contribution is -2.39. The molecule has 178 valence electrons. The molecule has 0 saturated heterocycles. The first-order valence-corrected chi connectivity index (χ1v) is 13.0. The van der Waals surface area contributed by atoms with Crippen LogP contribution in [0.3, 0.4) is 0 Å². The maximum Gasteiger partial charge on any atom is 0.264 e. The van der Waals surface area contributed by atoms with Crippen LogP contribution in [0.25, 0.3) is 0 Å². The van der Waals surface area contributed by atoms with Gasteiger partial charge < -0.3 is 4.74 Å². The van der Waals surface area contributed by atoms with Crippen molar-refractivity contribution in [3.05, 3.63) is 86.4 Å². The average molecular weight is 612 g/mol. The van der Waals surface area contributed by atoms with E-state index >= 15 is 0 Å². The molecule has 3 rings (SSSR count). The molecule has 0 aliphatic heterocycles. The second-order valence-electron chi connectivity index (χ2n) is 7.38. The van der Waals surface area contributed by atoms with Gasteiger partial charge >= 0.3 is 0 Å². The van der Waals surface area contributed by atoms with Crippen molar-refractivity contribution in [3.63, 3.8) is 0 Å². The molecule has 1 N–H and O–H groups in total. The van der Waals surface area contributed by atoms with Crippen LogP contribution >= 0.6 is 34.2 Å². The third-order valence-corrected chi connectivity index (χ3v) is 7.73. The number of hydrazone groups is 1. The SMILES string of the molecule is COc1ccc(N(CC(=O)N/N=C(/C)c2ccc(I)cc2)S(=O)(=O)c2ccc(C)cc2)cc1Cl. The van der Waals surface area contributed by atoms with Gasteiger partial charge in [0, 0.05) is 3.57 Å². The molecule has 0 atom stereocenters. The van der Waals surface area contributed by atoms with Crippen LogP contribution in [0.15, 0.2) is 76.7 Å². The topological polar surface area (TPSA) is 88.1 Å². The molecule has 7 nitrogen and oxygen atoms in total. The summed E-state index contributed by atoms with van der Waals surface area (Å²) in [5.41, 5.74) is 5.01. The quantitative estimate of drug-likeness (QED) is 0.221. The van der Waals surface area contributed by atoms with Gasteiger partial charge in [0.15, 0.2) is 0 Å². The van der Waals surface area contributed by atoms with Gasteiger partial charge in [-0.05, 0) is 84.5 Å². The van der Waals surface area contributed by atoms with Crippen LogP contribution in [-0.2, 0) is 14.8 Å². The van der Waals surface area contributed by atoms with E-state index in [0.29, 0.717) is 11.5 Å². The Labute approximate surface area is 218 Å². The van der Waals surface area contributed by atoms with Crippen LogP contribution in [-0.4, -0.2) is 33.7 Å². The maximum atomic E-state index is 13.5. The van der Waals surface area contributed by atoms with E-state index in [-0.39, 0.29) is 15.6 Å². The number of nitrogens with one attached hydrogen (secondary N) is 1. The van der Waals surface area contributed by atoms with Crippen molar-refractivity contribution in [2.75, 3.05) is 18.0 Å². The molecule has 0 aliphatic rings. The molecule has 1 amide bonds. The smallest absolute Gasteiger partial charge is 0.264 e. The molecule has 0 unspecified atom stereocenters. The van der Waals surface area contributed by atoms with Gasteiger partial charge in [0.1, 0.15) is 12.3 Å². The lowest BCUT2D eigenvalue weighted by molar-refractivity contribution is -0.119. The predicted molar refractivity (Wildman–Crippen MR) is 143 cm³/mol. The Hall–Kier alpha value is -2.63. The van der Waals surface area contributed by atoms with E-state index in [2.05, 4.69) is 33.1 Å². The van der Waals surface area contributed by atoms with Crippen LogP contribution < -0.4 is 14.5 Å². The number of amides is 1. The molecular formula is C24H23ClIN3O4S. The lowest BCUT2D eigenvalue weighted by Gasteiger charge is -2.24. The van der Waals surface area contributed by atoms with E-state index in [1.165, 1.54) is 31.4 Å². The highest BCUT2D eigenvalue weighted by Crippen LogP contribution is 2.32. The number of rotatable bonds is 8. The minimum Gasteiger partial charge on any atom is -0.495 e. The van der Waals surface area contributed by atoms with Crippen molar-refractivity contribution in [3.8, 4) is 5.75 Å². The van der Waals surface area contributed by atoms with Crippen molar-refractivity contribution in [1.29, 1.82) is 0 Å². The summed E-state index contributed by atoms with van der Waals surface area (Å²) in [5, 5.41) is 4.35. The normalized spacial score (nSPS) is 11.7. The number of ether oxygens (including phenoxy) is 1. The van der Waals surface area contributed by atoms with E-state index in [0.717, 1.165) is 19.0 Å². The van der Waals surface area contributed by atoms with Gasteiger partial charge in [-0.3, -0.25) is 9.10 Å². The third kappa shape index (κ3) is 6.28. The number of halogens is 2. The predicted octanol–water partition coefficient (Wildman–Crippen LogP) is 5.00. The molecule has 3 aromatic rings. The Balaban J connectivity index is 1.91. The van der Waals surface area contributed by atoms with Crippen LogP contribution in [0, 0.1) is 10.5 Å². The number of nitrogens with zero attached hydrogens (tertiary/aromatic N) is 2. The zero-order valence-electron chi connectivity index (χ0n) is 18.7. The number of methoxy groups -OCH3 is 1.